The van der Waals surface area contributed by atoms with Crippen molar-refractivity contribution in [3.8, 4) is 34.3 Å². The number of phenols is 2. The van der Waals surface area contributed by atoms with Crippen LogP contribution in [0.15, 0.2) is 40.8 Å². The van der Waals surface area contributed by atoms with Gasteiger partial charge < -0.3 is 49.3 Å². The highest BCUT2D eigenvalue weighted by molar-refractivity contribution is 5.86. The number of fused-ring (bicyclic) bond motifs is 1. The molecule has 31 heavy (non-hydrogen) atoms. The Morgan fingerprint density at radius 2 is 1.71 bits per heavy atom. The van der Waals surface area contributed by atoms with Crippen molar-refractivity contribution in [3.63, 3.8) is 0 Å². The molecule has 10 heteroatoms. The van der Waals surface area contributed by atoms with E-state index in [1.807, 2.05) is 0 Å². The SMILES string of the molecule is COc1cc2cc(-c3cc(O)cc(O[C@@H]4O[C@H](CO)[C@@H](O)[C@H](O)[C@H]4O)c3)oc2cc1O. The molecular weight excluding hydrogens is 412 g/mol. The number of aliphatic hydroxyl groups is 4. The van der Waals surface area contributed by atoms with Crippen LogP contribution in [0.1, 0.15) is 0 Å². The van der Waals surface area contributed by atoms with Crippen molar-refractivity contribution in [3.05, 3.63) is 36.4 Å². The van der Waals surface area contributed by atoms with E-state index in [9.17, 15) is 30.6 Å². The highest BCUT2D eigenvalue weighted by Gasteiger charge is 2.44. The van der Waals surface area contributed by atoms with Gasteiger partial charge in [-0.2, -0.15) is 0 Å². The van der Waals surface area contributed by atoms with Crippen LogP contribution in [0.3, 0.4) is 0 Å². The average molecular weight is 434 g/mol. The van der Waals surface area contributed by atoms with Gasteiger partial charge in [-0.3, -0.25) is 0 Å². The van der Waals surface area contributed by atoms with Crippen molar-refractivity contribution >= 4 is 11.0 Å². The number of phenolic OH excluding ortho intramolecular Hbond substituents is 2. The lowest BCUT2D eigenvalue weighted by atomic mass is 9.99. The van der Waals surface area contributed by atoms with Crippen LogP contribution in [0.4, 0.5) is 0 Å². The highest BCUT2D eigenvalue weighted by Crippen LogP contribution is 2.38. The molecule has 1 aromatic heterocycles. The molecule has 2 heterocycles. The van der Waals surface area contributed by atoms with Crippen molar-refractivity contribution in [1.82, 2.24) is 0 Å². The first-order chi connectivity index (χ1) is 14.8. The van der Waals surface area contributed by atoms with E-state index in [4.69, 9.17) is 18.6 Å². The smallest absolute Gasteiger partial charge is 0.229 e. The van der Waals surface area contributed by atoms with Gasteiger partial charge in [0.25, 0.3) is 0 Å². The summed E-state index contributed by atoms with van der Waals surface area (Å²) in [5.41, 5.74) is 0.822. The Kier molecular flexibility index (Phi) is 5.65. The molecule has 2 aromatic carbocycles. The molecule has 0 bridgehead atoms. The minimum atomic E-state index is -1.59. The second-order valence-electron chi connectivity index (χ2n) is 7.20. The first kappa shape index (κ1) is 21.2. The molecule has 1 aliphatic heterocycles. The van der Waals surface area contributed by atoms with E-state index in [0.717, 1.165) is 0 Å². The molecule has 1 saturated heterocycles. The molecule has 0 spiro atoms. The number of furan rings is 1. The van der Waals surface area contributed by atoms with E-state index in [2.05, 4.69) is 0 Å². The molecule has 5 atom stereocenters. The molecule has 0 saturated carbocycles. The average Bonchev–Trinajstić information content (AvgIpc) is 3.16. The van der Waals surface area contributed by atoms with E-state index in [-0.39, 0.29) is 23.0 Å². The number of ether oxygens (including phenoxy) is 3. The molecule has 1 fully saturated rings. The first-order valence-electron chi connectivity index (χ1n) is 9.43. The lowest BCUT2D eigenvalue weighted by Gasteiger charge is -2.39. The van der Waals surface area contributed by atoms with Crippen LogP contribution >= 0.6 is 0 Å². The maximum atomic E-state index is 10.2. The van der Waals surface area contributed by atoms with Crippen LogP contribution in [-0.2, 0) is 4.74 Å². The molecule has 4 rings (SSSR count). The third-order valence-corrected chi connectivity index (χ3v) is 5.09. The van der Waals surface area contributed by atoms with Crippen LogP contribution in [-0.4, -0.2) is 75.1 Å². The number of hydrogen-bond acceptors (Lipinski definition) is 10. The number of hydrogen-bond donors (Lipinski definition) is 6. The van der Waals surface area contributed by atoms with Gasteiger partial charge in [-0.1, -0.05) is 0 Å². The number of aliphatic hydroxyl groups excluding tert-OH is 4. The van der Waals surface area contributed by atoms with Crippen LogP contribution in [0.2, 0.25) is 0 Å². The van der Waals surface area contributed by atoms with Gasteiger partial charge in [0.15, 0.2) is 11.5 Å². The lowest BCUT2D eigenvalue weighted by molar-refractivity contribution is -0.277. The zero-order chi connectivity index (χ0) is 22.3. The number of benzene rings is 2. The zero-order valence-electron chi connectivity index (χ0n) is 16.4. The summed E-state index contributed by atoms with van der Waals surface area (Å²) >= 11 is 0. The Labute approximate surface area is 176 Å². The molecule has 0 aliphatic carbocycles. The second-order valence-corrected chi connectivity index (χ2v) is 7.20. The maximum Gasteiger partial charge on any atom is 0.229 e. The fraction of sp³-hybridized carbons (Fsp3) is 0.333. The van der Waals surface area contributed by atoms with E-state index in [0.29, 0.717) is 22.3 Å². The Bertz CT molecular complexity index is 1080. The standard InChI is InChI=1S/C21H22O10/c1-28-16-5-10-4-14(30-15(10)7-13(16)24)9-2-11(23)6-12(3-9)29-21-20(27)19(26)18(25)17(8-22)31-21/h2-7,17-27H,8H2,1H3/t17-,18-,19+,20-,21-/m1/s1. The summed E-state index contributed by atoms with van der Waals surface area (Å²) in [7, 11) is 1.43. The Hall–Kier alpha value is -3.02. The molecule has 166 valence electrons. The van der Waals surface area contributed by atoms with Crippen LogP contribution < -0.4 is 9.47 Å². The van der Waals surface area contributed by atoms with E-state index < -0.39 is 37.3 Å². The van der Waals surface area contributed by atoms with Crippen molar-refractivity contribution in [1.29, 1.82) is 0 Å². The molecule has 0 unspecified atom stereocenters. The van der Waals surface area contributed by atoms with Crippen LogP contribution in [0, 0.1) is 0 Å². The molecule has 6 N–H and O–H groups in total. The van der Waals surface area contributed by atoms with Gasteiger partial charge in [-0.25, -0.2) is 0 Å². The summed E-state index contributed by atoms with van der Waals surface area (Å²) in [6.07, 6.45) is -7.22. The Morgan fingerprint density at radius 3 is 2.42 bits per heavy atom. The summed E-state index contributed by atoms with van der Waals surface area (Å²) in [6, 6.07) is 8.90. The fourth-order valence-electron chi connectivity index (χ4n) is 3.45. The summed E-state index contributed by atoms with van der Waals surface area (Å²) in [5, 5.41) is 60.0. The number of aromatic hydroxyl groups is 2. The summed E-state index contributed by atoms with van der Waals surface area (Å²) in [6.45, 7) is -0.592. The van der Waals surface area contributed by atoms with Crippen molar-refractivity contribution in [2.24, 2.45) is 0 Å². The summed E-state index contributed by atoms with van der Waals surface area (Å²) in [5.74, 6) is 0.469. The topological polar surface area (TPSA) is 162 Å². The lowest BCUT2D eigenvalue weighted by Crippen LogP contribution is -2.60. The predicted molar refractivity (Wildman–Crippen MR) is 106 cm³/mol. The molecule has 0 amide bonds. The maximum absolute atomic E-state index is 10.2. The fourth-order valence-corrected chi connectivity index (χ4v) is 3.45. The Balaban J connectivity index is 1.64. The monoisotopic (exact) mass is 434 g/mol. The van der Waals surface area contributed by atoms with E-state index >= 15 is 0 Å². The van der Waals surface area contributed by atoms with Crippen molar-refractivity contribution < 1.29 is 49.3 Å². The molecule has 0 radical (unpaired) electrons. The number of methoxy groups -OCH3 is 1. The minimum absolute atomic E-state index is 0.0835. The third kappa shape index (κ3) is 3.99. The van der Waals surface area contributed by atoms with Gasteiger partial charge >= 0.3 is 0 Å². The first-order valence-corrected chi connectivity index (χ1v) is 9.43. The van der Waals surface area contributed by atoms with Crippen molar-refractivity contribution in [2.75, 3.05) is 13.7 Å². The normalized spacial score (nSPS) is 26.2. The summed E-state index contributed by atoms with van der Waals surface area (Å²) in [4.78, 5) is 0. The largest absolute Gasteiger partial charge is 0.508 e. The van der Waals surface area contributed by atoms with Gasteiger partial charge in [0.05, 0.1) is 13.7 Å². The molecular formula is C21H22O10. The predicted octanol–water partition coefficient (Wildman–Crippen LogP) is 0.698. The van der Waals surface area contributed by atoms with Gasteiger partial charge in [0.2, 0.25) is 6.29 Å². The molecule has 10 nitrogen and oxygen atoms in total. The summed E-state index contributed by atoms with van der Waals surface area (Å²) < 4.78 is 21.7. The van der Waals surface area contributed by atoms with Crippen LogP contribution in [0.5, 0.6) is 23.0 Å². The quantitative estimate of drug-likeness (QED) is 0.337. The van der Waals surface area contributed by atoms with Gasteiger partial charge in [0.1, 0.15) is 47.3 Å². The van der Waals surface area contributed by atoms with Gasteiger partial charge in [-0.05, 0) is 24.3 Å². The van der Waals surface area contributed by atoms with E-state index in [1.165, 1.54) is 31.4 Å². The van der Waals surface area contributed by atoms with Gasteiger partial charge in [-0.15, -0.1) is 0 Å². The van der Waals surface area contributed by atoms with Gasteiger partial charge in [0, 0.05) is 23.1 Å². The van der Waals surface area contributed by atoms with E-state index in [1.54, 1.807) is 12.1 Å². The Morgan fingerprint density at radius 1 is 0.935 bits per heavy atom. The molecule has 3 aromatic rings. The molecule has 1 aliphatic rings. The third-order valence-electron chi connectivity index (χ3n) is 5.09. The van der Waals surface area contributed by atoms with Crippen LogP contribution in [0.25, 0.3) is 22.3 Å². The minimum Gasteiger partial charge on any atom is -0.508 e. The highest BCUT2D eigenvalue weighted by atomic mass is 16.7. The van der Waals surface area contributed by atoms with Crippen molar-refractivity contribution in [2.45, 2.75) is 30.7 Å². The second kappa shape index (κ2) is 8.25. The zero-order valence-corrected chi connectivity index (χ0v) is 16.4. The number of rotatable bonds is 5.